The van der Waals surface area contributed by atoms with Gasteiger partial charge in [0.15, 0.2) is 0 Å². The largest absolute Gasteiger partial charge is 0.149 e. The second-order valence-corrected chi connectivity index (χ2v) is 39.5. The van der Waals surface area contributed by atoms with Crippen molar-refractivity contribution in [3.05, 3.63) is 1.93 Å². The summed E-state index contributed by atoms with van der Waals surface area (Å²) in [7, 11) is 0. The number of hydrogen-bond donors (Lipinski definition) is 0. The van der Waals surface area contributed by atoms with E-state index < -0.39 is 0 Å². The summed E-state index contributed by atoms with van der Waals surface area (Å²) in [5.41, 5.74) is 0. The van der Waals surface area contributed by atoms with Gasteiger partial charge in [0.25, 0.3) is 0 Å². The lowest BCUT2D eigenvalue weighted by atomic mass is 10.2. The first-order chi connectivity index (χ1) is 7.94. The van der Waals surface area contributed by atoms with Gasteiger partial charge in [0.1, 0.15) is 7.08 Å². The minimum absolute atomic E-state index is 0.0601. The molecule has 0 aromatic carbocycles. The summed E-state index contributed by atoms with van der Waals surface area (Å²) in [6.45, 7) is 0. The van der Waals surface area contributed by atoms with Gasteiger partial charge in [-0.3, -0.25) is 0 Å². The van der Waals surface area contributed by atoms with Crippen LogP contribution >= 0.6 is 294 Å². The zero-order chi connectivity index (χ0) is 16.1. The molecule has 0 aliphatic rings. The van der Waals surface area contributed by atoms with Crippen molar-refractivity contribution in [2.75, 3.05) is 0 Å². The Kier molecular flexibility index (Phi) is 16.0. The van der Waals surface area contributed by atoms with E-state index in [2.05, 4.69) is 294 Å². The Morgan fingerprint density at radius 3 is 1.00 bits per heavy atom. The molecule has 0 unspecified atom stereocenters. The maximum Gasteiger partial charge on any atom is 0.149 e. The third-order valence-corrected chi connectivity index (χ3v) is 40.9. The van der Waals surface area contributed by atoms with E-state index in [1.165, 1.54) is 1.93 Å². The molecule has 0 aromatic rings. The van der Waals surface area contributed by atoms with E-state index in [4.69, 9.17) is 0 Å². The molecule has 0 heterocycles. The zero-order valence-electron chi connectivity index (χ0n) is 7.91. The normalized spacial score (nSPS) is 16.1. The molecule has 19 heavy (non-hydrogen) atoms. The summed E-state index contributed by atoms with van der Waals surface area (Å²) in [5.74, 6) is 0. The van der Waals surface area contributed by atoms with Gasteiger partial charge in [-0.05, 0) is 0 Å². The highest BCUT2D eigenvalue weighted by atomic mass is 127. The number of rotatable bonds is 5. The maximum atomic E-state index is 2.66. The smallest absolute Gasteiger partial charge is 0.0623 e. The fourth-order valence-electron chi connectivity index (χ4n) is 0.691. The summed E-state index contributed by atoms with van der Waals surface area (Å²) >= 11 is 33.7. The van der Waals surface area contributed by atoms with Crippen LogP contribution in [0.3, 0.4) is 0 Å². The zero-order valence-corrected chi connectivity index (χ0v) is 36.0. The van der Waals surface area contributed by atoms with Crippen LogP contribution < -0.4 is 0 Å². The van der Waals surface area contributed by atoms with Gasteiger partial charge >= 0.3 is 0 Å². The molecule has 0 nitrogen and oxygen atoms in total. The lowest BCUT2D eigenvalue weighted by molar-refractivity contribution is 0.794. The molecular weight excluding hydrogens is 1720 g/mol. The molecule has 115 valence electrons. The van der Waals surface area contributed by atoms with E-state index in [1.54, 1.807) is 0 Å². The van der Waals surface area contributed by atoms with Gasteiger partial charge in [0.2, 0.25) is 0 Å². The average Bonchev–Trinajstić information content (AvgIpc) is 2.14. The third-order valence-electron chi connectivity index (χ3n) is 1.78. The predicted octanol–water partition coefficient (Wildman–Crippen LogP) is 10.6. The van der Waals surface area contributed by atoms with E-state index >= 15 is 0 Å². The van der Waals surface area contributed by atoms with Crippen LogP contribution in [-0.2, 0) is 0 Å². The van der Waals surface area contributed by atoms with E-state index in [0.717, 1.165) is 0 Å². The molecule has 0 saturated heterocycles. The van der Waals surface area contributed by atoms with Crippen molar-refractivity contribution in [2.24, 2.45) is 0 Å². The molecule has 0 fully saturated rings. The Morgan fingerprint density at radius 2 is 0.789 bits per heavy atom. The fourth-order valence-corrected chi connectivity index (χ4v) is 16.6. The average molecular weight is 1720 g/mol. The number of hydrogen-bond acceptors (Lipinski definition) is 0. The van der Waals surface area contributed by atoms with Gasteiger partial charge in [0.05, 0.1) is 0 Å². The monoisotopic (exact) mass is 1720 g/mol. The summed E-state index contributed by atoms with van der Waals surface area (Å²) in [5, 5.41) is 0. The highest BCUT2D eigenvalue weighted by Crippen LogP contribution is 2.75. The van der Waals surface area contributed by atoms with E-state index in [-0.39, 0.29) is 5.15 Å². The van der Waals surface area contributed by atoms with E-state index in [0.29, 0.717) is 0 Å². The van der Waals surface area contributed by atoms with Gasteiger partial charge in [-0.1, -0.05) is 294 Å². The van der Waals surface area contributed by atoms with Crippen LogP contribution in [0.25, 0.3) is 0 Å². The first-order valence-electron chi connectivity index (χ1n) is 3.71. The molecule has 0 amide bonds. The highest BCUT2D eigenvalue weighted by Gasteiger charge is 2.70. The molecule has 0 N–H and O–H groups in total. The van der Waals surface area contributed by atoms with Crippen molar-refractivity contribution >= 4 is 294 Å². The SMILES string of the molecule is I[C](I)C(I)(I)C(I)(I)C(I)(I)C(I)(I)C(I)(I)I. The first-order valence-corrected chi connectivity index (χ1v) is 17.7. The second-order valence-electron chi connectivity index (χ2n) is 3.06. The quantitative estimate of drug-likeness (QED) is 0.190. The van der Waals surface area contributed by atoms with Crippen LogP contribution in [0.5, 0.6) is 0 Å². The van der Waals surface area contributed by atoms with Gasteiger partial charge in [0, 0.05) is 0 Å². The first kappa shape index (κ1) is 28.5. The van der Waals surface area contributed by atoms with E-state index in [1.807, 2.05) is 0 Å². The Labute approximate surface area is 291 Å². The van der Waals surface area contributed by atoms with Crippen molar-refractivity contribution in [3.63, 3.8) is 0 Å². The molecule has 0 spiro atoms. The van der Waals surface area contributed by atoms with Crippen LogP contribution in [0, 0.1) is 1.93 Å². The number of halogens is 13. The van der Waals surface area contributed by atoms with Crippen LogP contribution in [-0.4, -0.2) is 5.15 Å². The van der Waals surface area contributed by atoms with E-state index in [9.17, 15) is 0 Å². The fraction of sp³-hybridized carbons (Fsp3) is 0.833. The lowest BCUT2D eigenvalue weighted by Crippen LogP contribution is -2.59. The standard InChI is InChI=1S/C6I13/c7-1(8)2(9,10)3(11,12)4(13,14)5(15,16)6(17,18)19. The number of alkyl halides is 11. The topological polar surface area (TPSA) is 0 Å². The van der Waals surface area contributed by atoms with Crippen molar-refractivity contribution in [3.8, 4) is 0 Å². The second kappa shape index (κ2) is 10.7. The third kappa shape index (κ3) is 6.74. The lowest BCUT2D eigenvalue weighted by Gasteiger charge is -2.52. The minimum Gasteiger partial charge on any atom is -0.0623 e. The van der Waals surface area contributed by atoms with Crippen LogP contribution in [0.4, 0.5) is 0 Å². The molecule has 0 atom stereocenters. The molecule has 0 rings (SSSR count). The molecular formula is C6I13. The minimum atomic E-state index is 0.0601. The maximum absolute atomic E-state index is 2.66. The Morgan fingerprint density at radius 1 is 0.474 bits per heavy atom. The van der Waals surface area contributed by atoms with Gasteiger partial charge in [-0.2, -0.15) is 0 Å². The summed E-state index contributed by atoms with van der Waals surface area (Å²) in [4.78, 5) is 0. The van der Waals surface area contributed by atoms with Crippen molar-refractivity contribution < 1.29 is 0 Å². The summed E-state index contributed by atoms with van der Waals surface area (Å²) < 4.78 is 1.81. The van der Waals surface area contributed by atoms with Crippen molar-refractivity contribution in [1.29, 1.82) is 0 Å². The van der Waals surface area contributed by atoms with Crippen LogP contribution in [0.1, 0.15) is 0 Å². The Balaban J connectivity index is 5.92. The predicted molar refractivity (Wildman–Crippen MR) is 199 cm³/mol. The van der Waals surface area contributed by atoms with Crippen LogP contribution in [0.15, 0.2) is 0 Å². The molecule has 13 heteroatoms. The van der Waals surface area contributed by atoms with Crippen molar-refractivity contribution in [2.45, 2.75) is 5.15 Å². The summed E-state index contributed by atoms with van der Waals surface area (Å²) in [6, 6.07) is 0. The summed E-state index contributed by atoms with van der Waals surface area (Å²) in [6.07, 6.45) is 0. The Hall–Kier alpha value is 9.49. The molecule has 0 aromatic heterocycles. The molecule has 0 aliphatic carbocycles. The molecule has 0 aliphatic heterocycles. The van der Waals surface area contributed by atoms with Crippen molar-refractivity contribution in [1.82, 2.24) is 0 Å². The molecule has 0 bridgehead atoms. The molecule has 0 saturated carbocycles. The molecule has 1 radical (unpaired) electrons. The van der Waals surface area contributed by atoms with Crippen LogP contribution in [0.2, 0.25) is 0 Å². The van der Waals surface area contributed by atoms with Gasteiger partial charge in [-0.15, -0.1) is 0 Å². The van der Waals surface area contributed by atoms with Gasteiger partial charge in [-0.25, -0.2) is 0 Å². The van der Waals surface area contributed by atoms with Gasteiger partial charge < -0.3 is 0 Å². The highest BCUT2D eigenvalue weighted by molar-refractivity contribution is 14.3. The Bertz CT molecular complexity index is 323.